The van der Waals surface area contributed by atoms with Gasteiger partial charge in [0.05, 0.1) is 24.0 Å². The average molecular weight is 645 g/mol. The molecule has 1 fully saturated rings. The van der Waals surface area contributed by atoms with E-state index in [1.165, 1.54) is 32.0 Å². The summed E-state index contributed by atoms with van der Waals surface area (Å²) in [4.78, 5) is 0. The fourth-order valence-electron chi connectivity index (χ4n) is 5.08. The molecule has 0 amide bonds. The van der Waals surface area contributed by atoms with E-state index in [1.54, 1.807) is 10.6 Å². The minimum atomic E-state index is -1.62. The second-order valence-electron chi connectivity index (χ2n) is 10.8. The van der Waals surface area contributed by atoms with Gasteiger partial charge in [-0.2, -0.15) is 0 Å². The highest BCUT2D eigenvalue weighted by molar-refractivity contribution is 5.62. The molecule has 1 aromatic heterocycles. The van der Waals surface area contributed by atoms with Crippen LogP contribution in [0.2, 0.25) is 0 Å². The number of hydrogen-bond donors (Lipinski definition) is 5. The Balaban J connectivity index is 0.000000498. The van der Waals surface area contributed by atoms with Crippen molar-refractivity contribution in [2.24, 2.45) is 11.6 Å². The molecule has 0 radical (unpaired) electrons. The molecular formula is C33H43F3N6O4. The quantitative estimate of drug-likeness (QED) is 0.0560. The molecule has 4 atom stereocenters. The zero-order chi connectivity index (χ0) is 33.6. The van der Waals surface area contributed by atoms with E-state index in [0.29, 0.717) is 12.4 Å². The number of ether oxygens (including phenoxy) is 1. The summed E-state index contributed by atoms with van der Waals surface area (Å²) in [5.74, 6) is 2.14. The number of rotatable bonds is 14. The van der Waals surface area contributed by atoms with Crippen LogP contribution in [-0.4, -0.2) is 66.6 Å². The lowest BCUT2D eigenvalue weighted by Gasteiger charge is -2.41. The van der Waals surface area contributed by atoms with Gasteiger partial charge in [-0.1, -0.05) is 56.2 Å². The van der Waals surface area contributed by atoms with Crippen LogP contribution in [0.15, 0.2) is 68.2 Å². The van der Waals surface area contributed by atoms with Crippen molar-refractivity contribution >= 4 is 11.8 Å². The Hall–Kier alpha value is -4.01. The van der Waals surface area contributed by atoms with Crippen molar-refractivity contribution in [2.45, 2.75) is 69.3 Å². The van der Waals surface area contributed by atoms with E-state index in [9.17, 15) is 23.4 Å². The van der Waals surface area contributed by atoms with Gasteiger partial charge in [-0.3, -0.25) is 4.57 Å². The Morgan fingerprint density at radius 3 is 2.39 bits per heavy atom. The SMILES string of the molecule is C=CCCCCCCCO.C=Cc1ccccc1-n1cnnc1C1CC(N(N)/C=C(\N)c2cc(F)c(F)c(F)c2)C(O)C(CO)O1. The number of halogens is 3. The maximum absolute atomic E-state index is 13.6. The number of benzene rings is 2. The first-order valence-corrected chi connectivity index (χ1v) is 15.1. The number of hydrazine groups is 1. The van der Waals surface area contributed by atoms with Crippen LogP contribution in [0.1, 0.15) is 68.0 Å². The molecule has 250 valence electrons. The molecule has 0 spiro atoms. The van der Waals surface area contributed by atoms with Gasteiger partial charge in [0.25, 0.3) is 0 Å². The van der Waals surface area contributed by atoms with Gasteiger partial charge in [0.15, 0.2) is 23.3 Å². The van der Waals surface area contributed by atoms with Gasteiger partial charge in [-0.15, -0.1) is 16.8 Å². The van der Waals surface area contributed by atoms with E-state index < -0.39 is 48.4 Å². The maximum Gasteiger partial charge on any atom is 0.194 e. The number of aromatic nitrogens is 3. The molecule has 3 aromatic rings. The van der Waals surface area contributed by atoms with E-state index in [-0.39, 0.29) is 17.7 Å². The first kappa shape index (κ1) is 36.5. The fraction of sp³-hybridized carbons (Fsp3) is 0.394. The average Bonchev–Trinajstić information content (AvgIpc) is 3.55. The van der Waals surface area contributed by atoms with Crippen molar-refractivity contribution in [2.75, 3.05) is 13.2 Å². The molecule has 1 aliphatic rings. The second-order valence-corrected chi connectivity index (χ2v) is 10.8. The molecule has 2 aromatic carbocycles. The highest BCUT2D eigenvalue weighted by Gasteiger charge is 2.41. The molecule has 46 heavy (non-hydrogen) atoms. The third-order valence-electron chi connectivity index (χ3n) is 7.58. The van der Waals surface area contributed by atoms with Crippen molar-refractivity contribution in [3.63, 3.8) is 0 Å². The van der Waals surface area contributed by atoms with E-state index >= 15 is 0 Å². The van der Waals surface area contributed by atoms with Gasteiger partial charge < -0.3 is 30.8 Å². The van der Waals surface area contributed by atoms with Gasteiger partial charge in [0.1, 0.15) is 24.6 Å². The topological polar surface area (TPSA) is 156 Å². The van der Waals surface area contributed by atoms with Gasteiger partial charge in [0.2, 0.25) is 0 Å². The Bertz CT molecular complexity index is 1430. The molecular weight excluding hydrogens is 601 g/mol. The lowest BCUT2D eigenvalue weighted by atomic mass is 9.94. The van der Waals surface area contributed by atoms with E-state index in [4.69, 9.17) is 21.4 Å². The van der Waals surface area contributed by atoms with E-state index in [1.807, 2.05) is 30.3 Å². The predicted molar refractivity (Wildman–Crippen MR) is 170 cm³/mol. The van der Waals surface area contributed by atoms with Crippen molar-refractivity contribution in [3.8, 4) is 5.69 Å². The number of aliphatic hydroxyl groups is 3. The number of nitrogens with two attached hydrogens (primary N) is 2. The van der Waals surface area contributed by atoms with Gasteiger partial charge in [-0.05, 0) is 43.0 Å². The van der Waals surface area contributed by atoms with Crippen LogP contribution >= 0.6 is 0 Å². The molecule has 13 heteroatoms. The Morgan fingerprint density at radius 1 is 1.07 bits per heavy atom. The van der Waals surface area contributed by atoms with Crippen molar-refractivity contribution in [1.29, 1.82) is 0 Å². The first-order chi connectivity index (χ1) is 22.2. The van der Waals surface area contributed by atoms with Crippen molar-refractivity contribution in [3.05, 3.63) is 103 Å². The Labute approximate surface area is 267 Å². The summed E-state index contributed by atoms with van der Waals surface area (Å²) in [6.07, 6.45) is 10.5. The smallest absolute Gasteiger partial charge is 0.194 e. The zero-order valence-electron chi connectivity index (χ0n) is 25.7. The molecule has 4 rings (SSSR count). The molecule has 7 N–H and O–H groups in total. The second kappa shape index (κ2) is 18.2. The van der Waals surface area contributed by atoms with E-state index in [2.05, 4.69) is 23.4 Å². The van der Waals surface area contributed by atoms with Crippen LogP contribution in [-0.2, 0) is 4.74 Å². The lowest BCUT2D eigenvalue weighted by Crippen LogP contribution is -2.55. The predicted octanol–water partition coefficient (Wildman–Crippen LogP) is 4.52. The molecule has 10 nitrogen and oxygen atoms in total. The zero-order valence-corrected chi connectivity index (χ0v) is 25.7. The third-order valence-corrected chi connectivity index (χ3v) is 7.58. The standard InChI is InChI=1S/C24H25F3N6O3.C9H18O/c1-2-13-5-3-4-6-18(13)32-12-30-31-24(32)20-9-19(23(35)21(11-34)36-20)33(29)10-17(28)14-7-15(25)22(27)16(26)8-14;1-2-3-4-5-6-7-8-9-10/h2-8,10,12,19-21,23,34-35H,1,9,11,28-29H2;2,10H,1,3-9H2/b17-10-;. The Kier molecular flexibility index (Phi) is 14.4. The molecule has 4 unspecified atom stereocenters. The summed E-state index contributed by atoms with van der Waals surface area (Å²) in [7, 11) is 0. The number of allylic oxidation sites excluding steroid dienone is 1. The van der Waals surface area contributed by atoms with Crippen LogP contribution in [0.4, 0.5) is 13.2 Å². The summed E-state index contributed by atoms with van der Waals surface area (Å²) >= 11 is 0. The minimum Gasteiger partial charge on any atom is -0.397 e. The molecule has 0 bridgehead atoms. The minimum absolute atomic E-state index is 0.0963. The van der Waals surface area contributed by atoms with Crippen LogP contribution in [0.25, 0.3) is 17.5 Å². The van der Waals surface area contributed by atoms with Crippen LogP contribution in [0, 0.1) is 17.5 Å². The number of hydrogen-bond acceptors (Lipinski definition) is 9. The first-order valence-electron chi connectivity index (χ1n) is 15.1. The lowest BCUT2D eigenvalue weighted by molar-refractivity contribution is -0.165. The number of unbranched alkanes of at least 4 members (excludes halogenated alkanes) is 5. The molecule has 2 heterocycles. The van der Waals surface area contributed by atoms with Gasteiger partial charge in [-0.25, -0.2) is 19.0 Å². The van der Waals surface area contributed by atoms with E-state index in [0.717, 1.165) is 47.4 Å². The summed E-state index contributed by atoms with van der Waals surface area (Å²) in [6, 6.07) is 8.03. The molecule has 0 saturated carbocycles. The third kappa shape index (κ3) is 9.50. The largest absolute Gasteiger partial charge is 0.397 e. The van der Waals surface area contributed by atoms with Crippen molar-refractivity contribution in [1.82, 2.24) is 19.8 Å². The highest BCUT2D eigenvalue weighted by Crippen LogP contribution is 2.34. The summed E-state index contributed by atoms with van der Waals surface area (Å²) in [5.41, 5.74) is 7.20. The maximum atomic E-state index is 13.6. The van der Waals surface area contributed by atoms with Crippen LogP contribution in [0.3, 0.4) is 0 Å². The highest BCUT2D eigenvalue weighted by atomic mass is 19.2. The molecule has 1 aliphatic heterocycles. The number of nitrogens with zero attached hydrogens (tertiary/aromatic N) is 4. The summed E-state index contributed by atoms with van der Waals surface area (Å²) in [5, 5.41) is 38.3. The normalized spacial score (nSPS) is 19.7. The Morgan fingerprint density at radius 2 is 1.74 bits per heavy atom. The molecule has 1 saturated heterocycles. The number of para-hydroxylation sites is 1. The van der Waals surface area contributed by atoms with Crippen LogP contribution in [0.5, 0.6) is 0 Å². The van der Waals surface area contributed by atoms with Crippen LogP contribution < -0.4 is 11.6 Å². The van der Waals surface area contributed by atoms with Gasteiger partial charge in [0, 0.05) is 24.8 Å². The van der Waals surface area contributed by atoms with Gasteiger partial charge >= 0.3 is 0 Å². The fourth-order valence-corrected chi connectivity index (χ4v) is 5.08. The molecule has 0 aliphatic carbocycles. The number of aliphatic hydroxyl groups excluding tert-OH is 3. The monoisotopic (exact) mass is 644 g/mol. The summed E-state index contributed by atoms with van der Waals surface area (Å²) < 4.78 is 48.2. The van der Waals surface area contributed by atoms with Crippen molar-refractivity contribution < 1.29 is 33.2 Å². The summed E-state index contributed by atoms with van der Waals surface area (Å²) in [6.45, 7) is 7.30.